The summed E-state index contributed by atoms with van der Waals surface area (Å²) in [5.74, 6) is 1.30. The third kappa shape index (κ3) is 8.33. The van der Waals surface area contributed by atoms with Gasteiger partial charge in [-0.25, -0.2) is 0 Å². The Morgan fingerprint density at radius 1 is 1.10 bits per heavy atom. The molecule has 0 aromatic heterocycles. The number of nitrogens with zero attached hydrogens (tertiary/aromatic N) is 2. The second-order valence-electron chi connectivity index (χ2n) is 7.63. The molecule has 0 aliphatic carbocycles. The highest BCUT2D eigenvalue weighted by atomic mass is 127. The summed E-state index contributed by atoms with van der Waals surface area (Å²) >= 11 is 6.23. The maximum absolute atomic E-state index is 12.4. The van der Waals surface area contributed by atoms with Crippen LogP contribution in [0.2, 0.25) is 5.02 Å². The Bertz CT molecular complexity index is 846. The number of benzene rings is 2. The average molecular weight is 555 g/mol. The first kappa shape index (κ1) is 25.5. The van der Waals surface area contributed by atoms with Gasteiger partial charge in [-0.1, -0.05) is 60.1 Å². The number of hydrogen-bond acceptors (Lipinski definition) is 2. The van der Waals surface area contributed by atoms with Crippen molar-refractivity contribution in [2.24, 2.45) is 10.9 Å². The molecule has 31 heavy (non-hydrogen) atoms. The molecule has 1 unspecified atom stereocenters. The minimum Gasteiger partial charge on any atom is -0.357 e. The Labute approximate surface area is 207 Å². The molecule has 0 radical (unpaired) electrons. The Morgan fingerprint density at radius 3 is 2.58 bits per heavy atom. The van der Waals surface area contributed by atoms with E-state index < -0.39 is 0 Å². The van der Waals surface area contributed by atoms with E-state index in [4.69, 9.17) is 16.6 Å². The molecule has 1 fully saturated rings. The molecule has 1 heterocycles. The summed E-state index contributed by atoms with van der Waals surface area (Å²) in [5.41, 5.74) is 2.39. The number of carbonyl (C=O) groups is 1. The van der Waals surface area contributed by atoms with Crippen molar-refractivity contribution < 1.29 is 4.79 Å². The number of aliphatic imine (C=N–C) groups is 1. The quantitative estimate of drug-likeness (QED) is 0.278. The maximum Gasteiger partial charge on any atom is 0.223 e. The predicted octanol–water partition coefficient (Wildman–Crippen LogP) is 4.15. The standard InChI is InChI=1S/C24H31ClN4O.HI/c1-2-26-24(27-14-12-21-10-6-7-11-22(21)25)28-17-20-16-23(30)29(18-20)15-13-19-8-4-3-5-9-19;/h3-11,20H,2,12-18H2,1H3,(H2,26,27,28);1H. The van der Waals surface area contributed by atoms with Crippen molar-refractivity contribution in [2.75, 3.05) is 32.7 Å². The lowest BCUT2D eigenvalue weighted by molar-refractivity contribution is -0.127. The number of amides is 1. The molecule has 0 saturated carbocycles. The van der Waals surface area contributed by atoms with E-state index in [9.17, 15) is 4.79 Å². The average Bonchev–Trinajstić information content (AvgIpc) is 3.12. The molecule has 1 aliphatic rings. The van der Waals surface area contributed by atoms with E-state index in [0.717, 1.165) is 55.6 Å². The molecular weight excluding hydrogens is 523 g/mol. The van der Waals surface area contributed by atoms with Crippen LogP contribution in [0.25, 0.3) is 0 Å². The first-order valence-corrected chi connectivity index (χ1v) is 11.1. The minimum atomic E-state index is 0. The lowest BCUT2D eigenvalue weighted by Crippen LogP contribution is -2.38. The molecule has 5 nitrogen and oxygen atoms in total. The molecule has 0 bridgehead atoms. The Hall–Kier alpha value is -1.80. The first-order chi connectivity index (χ1) is 14.7. The zero-order valence-electron chi connectivity index (χ0n) is 18.0. The van der Waals surface area contributed by atoms with Gasteiger partial charge in [0.1, 0.15) is 0 Å². The van der Waals surface area contributed by atoms with Gasteiger partial charge in [0.05, 0.1) is 0 Å². The second kappa shape index (κ2) is 13.6. The van der Waals surface area contributed by atoms with Crippen LogP contribution in [0.3, 0.4) is 0 Å². The largest absolute Gasteiger partial charge is 0.357 e. The van der Waals surface area contributed by atoms with Crippen LogP contribution in [-0.2, 0) is 17.6 Å². The summed E-state index contributed by atoms with van der Waals surface area (Å²) in [6, 6.07) is 18.2. The summed E-state index contributed by atoms with van der Waals surface area (Å²) in [4.78, 5) is 19.1. The van der Waals surface area contributed by atoms with Crippen molar-refractivity contribution >= 4 is 47.4 Å². The number of nitrogens with one attached hydrogen (secondary N) is 2. The van der Waals surface area contributed by atoms with Crippen LogP contribution in [0.4, 0.5) is 0 Å². The van der Waals surface area contributed by atoms with Crippen LogP contribution >= 0.6 is 35.6 Å². The van der Waals surface area contributed by atoms with Gasteiger partial charge in [-0.3, -0.25) is 9.79 Å². The van der Waals surface area contributed by atoms with Crippen LogP contribution in [0, 0.1) is 5.92 Å². The molecule has 0 spiro atoms. The summed E-state index contributed by atoms with van der Waals surface area (Å²) in [6.07, 6.45) is 2.31. The molecule has 3 rings (SSSR count). The van der Waals surface area contributed by atoms with Crippen LogP contribution in [0.15, 0.2) is 59.6 Å². The summed E-state index contributed by atoms with van der Waals surface area (Å²) in [7, 11) is 0. The zero-order chi connectivity index (χ0) is 21.2. The third-order valence-electron chi connectivity index (χ3n) is 5.30. The highest BCUT2D eigenvalue weighted by Gasteiger charge is 2.28. The van der Waals surface area contributed by atoms with Gasteiger partial charge in [-0.05, 0) is 37.0 Å². The fourth-order valence-electron chi connectivity index (χ4n) is 3.68. The van der Waals surface area contributed by atoms with Gasteiger partial charge < -0.3 is 15.5 Å². The smallest absolute Gasteiger partial charge is 0.223 e. The van der Waals surface area contributed by atoms with Crippen molar-refractivity contribution in [2.45, 2.75) is 26.2 Å². The summed E-state index contributed by atoms with van der Waals surface area (Å²) in [5, 5.41) is 7.45. The van der Waals surface area contributed by atoms with E-state index in [1.165, 1.54) is 5.56 Å². The second-order valence-corrected chi connectivity index (χ2v) is 8.04. The molecule has 1 amide bonds. The predicted molar refractivity (Wildman–Crippen MR) is 139 cm³/mol. The van der Waals surface area contributed by atoms with Crippen molar-refractivity contribution in [1.82, 2.24) is 15.5 Å². The molecule has 2 aromatic rings. The van der Waals surface area contributed by atoms with Gasteiger partial charge in [0.25, 0.3) is 0 Å². The van der Waals surface area contributed by atoms with Crippen LogP contribution in [-0.4, -0.2) is 49.5 Å². The van der Waals surface area contributed by atoms with Gasteiger partial charge in [0.2, 0.25) is 5.91 Å². The van der Waals surface area contributed by atoms with E-state index in [1.54, 1.807) is 0 Å². The van der Waals surface area contributed by atoms with E-state index in [1.807, 2.05) is 47.4 Å². The topological polar surface area (TPSA) is 56.7 Å². The number of guanidine groups is 1. The van der Waals surface area contributed by atoms with Gasteiger partial charge in [-0.15, -0.1) is 24.0 Å². The molecule has 1 aliphatic heterocycles. The fraction of sp³-hybridized carbons (Fsp3) is 0.417. The van der Waals surface area contributed by atoms with Crippen molar-refractivity contribution in [3.8, 4) is 0 Å². The van der Waals surface area contributed by atoms with Gasteiger partial charge in [-0.2, -0.15) is 0 Å². The lowest BCUT2D eigenvalue weighted by atomic mass is 10.1. The Kier molecular flexibility index (Phi) is 11.2. The SMILES string of the molecule is CCNC(=NCC1CC(=O)N(CCc2ccccc2)C1)NCCc1ccccc1Cl.I. The van der Waals surface area contributed by atoms with Crippen LogP contribution in [0.5, 0.6) is 0 Å². The van der Waals surface area contributed by atoms with E-state index in [-0.39, 0.29) is 35.8 Å². The fourth-order valence-corrected chi connectivity index (χ4v) is 3.91. The molecule has 7 heteroatoms. The maximum atomic E-state index is 12.4. The number of halogens is 2. The monoisotopic (exact) mass is 554 g/mol. The third-order valence-corrected chi connectivity index (χ3v) is 5.67. The summed E-state index contributed by atoms with van der Waals surface area (Å²) < 4.78 is 0. The number of carbonyl (C=O) groups excluding carboxylic acids is 1. The van der Waals surface area contributed by atoms with E-state index in [0.29, 0.717) is 13.0 Å². The highest BCUT2D eigenvalue weighted by Crippen LogP contribution is 2.19. The molecule has 2 aromatic carbocycles. The first-order valence-electron chi connectivity index (χ1n) is 10.7. The van der Waals surface area contributed by atoms with E-state index >= 15 is 0 Å². The lowest BCUT2D eigenvalue weighted by Gasteiger charge is -2.16. The number of likely N-dealkylation sites (tertiary alicyclic amines) is 1. The van der Waals surface area contributed by atoms with Crippen molar-refractivity contribution in [3.63, 3.8) is 0 Å². The molecule has 1 atom stereocenters. The molecule has 2 N–H and O–H groups in total. The van der Waals surface area contributed by atoms with Gasteiger partial charge in [0, 0.05) is 50.1 Å². The van der Waals surface area contributed by atoms with Gasteiger partial charge in [0.15, 0.2) is 5.96 Å². The van der Waals surface area contributed by atoms with Crippen LogP contribution in [0.1, 0.15) is 24.5 Å². The molecule has 1 saturated heterocycles. The normalized spacial score (nSPS) is 16.2. The number of rotatable bonds is 9. The van der Waals surface area contributed by atoms with E-state index in [2.05, 4.69) is 29.7 Å². The Balaban J connectivity index is 0.00000341. The van der Waals surface area contributed by atoms with Gasteiger partial charge >= 0.3 is 0 Å². The molecule has 168 valence electrons. The highest BCUT2D eigenvalue weighted by molar-refractivity contribution is 14.0. The van der Waals surface area contributed by atoms with Crippen molar-refractivity contribution in [3.05, 3.63) is 70.7 Å². The minimum absolute atomic E-state index is 0. The molecular formula is C24H32ClIN4O. The Morgan fingerprint density at radius 2 is 1.84 bits per heavy atom. The summed E-state index contributed by atoms with van der Waals surface area (Å²) in [6.45, 7) is 5.81. The van der Waals surface area contributed by atoms with Crippen LogP contribution < -0.4 is 10.6 Å². The number of hydrogen-bond donors (Lipinski definition) is 2. The zero-order valence-corrected chi connectivity index (χ0v) is 21.1. The van der Waals surface area contributed by atoms with Crippen molar-refractivity contribution in [1.29, 1.82) is 0 Å².